The third kappa shape index (κ3) is 2.76. The summed E-state index contributed by atoms with van der Waals surface area (Å²) in [5.41, 5.74) is 0.0119. The second-order valence-corrected chi connectivity index (χ2v) is 5.82. The zero-order chi connectivity index (χ0) is 15.6. The molecule has 2 aromatic rings. The van der Waals surface area contributed by atoms with Crippen LogP contribution in [0.2, 0.25) is 0 Å². The molecule has 1 unspecified atom stereocenters. The van der Waals surface area contributed by atoms with Crippen LogP contribution in [-0.4, -0.2) is 18.2 Å². The monoisotopic (exact) mass is 303 g/mol. The topological polar surface area (TPSA) is 32.3 Å². The van der Waals surface area contributed by atoms with Gasteiger partial charge in [0.15, 0.2) is 0 Å². The first-order chi connectivity index (χ1) is 10.6. The van der Waals surface area contributed by atoms with E-state index in [0.29, 0.717) is 17.7 Å². The van der Waals surface area contributed by atoms with Crippen molar-refractivity contribution < 1.29 is 13.9 Å². The molecule has 1 fully saturated rings. The van der Waals surface area contributed by atoms with E-state index in [4.69, 9.17) is 0 Å². The molecule has 0 radical (unpaired) electrons. The van der Waals surface area contributed by atoms with E-state index in [-0.39, 0.29) is 17.6 Å². The molecule has 1 saturated heterocycles. The Bertz CT molecular complexity index is 573. The van der Waals surface area contributed by atoms with Crippen LogP contribution in [-0.2, 0) is 5.60 Å². The first-order valence-electron chi connectivity index (χ1n) is 7.56. The van der Waals surface area contributed by atoms with Crippen LogP contribution in [0.4, 0.5) is 8.78 Å². The summed E-state index contributed by atoms with van der Waals surface area (Å²) in [6, 6.07) is 11.8. The van der Waals surface area contributed by atoms with Crippen molar-refractivity contribution >= 4 is 0 Å². The van der Waals surface area contributed by atoms with E-state index in [2.05, 4.69) is 5.32 Å². The van der Waals surface area contributed by atoms with E-state index >= 15 is 0 Å². The van der Waals surface area contributed by atoms with Crippen molar-refractivity contribution in [1.82, 2.24) is 5.32 Å². The van der Waals surface area contributed by atoms with Gasteiger partial charge in [-0.2, -0.15) is 0 Å². The SMILES string of the molecule is OC(c1ccc(F)cc1)(c1ccc(F)cc1)C1CCCNC1. The van der Waals surface area contributed by atoms with E-state index in [1.54, 1.807) is 24.3 Å². The maximum Gasteiger partial charge on any atom is 0.123 e. The fourth-order valence-corrected chi connectivity index (χ4v) is 3.25. The van der Waals surface area contributed by atoms with Gasteiger partial charge in [0.05, 0.1) is 0 Å². The van der Waals surface area contributed by atoms with Gasteiger partial charge in [0.25, 0.3) is 0 Å². The summed E-state index contributed by atoms with van der Waals surface area (Å²) in [6.07, 6.45) is 1.83. The highest BCUT2D eigenvalue weighted by atomic mass is 19.1. The Morgan fingerprint density at radius 1 is 0.909 bits per heavy atom. The van der Waals surface area contributed by atoms with Gasteiger partial charge in [0, 0.05) is 12.5 Å². The summed E-state index contributed by atoms with van der Waals surface area (Å²) in [7, 11) is 0. The molecule has 22 heavy (non-hydrogen) atoms. The first-order valence-corrected chi connectivity index (χ1v) is 7.56. The van der Waals surface area contributed by atoms with Gasteiger partial charge in [-0.05, 0) is 54.8 Å². The Kier molecular flexibility index (Phi) is 4.23. The molecular formula is C18H19F2NO. The molecule has 1 aliphatic heterocycles. The Morgan fingerprint density at radius 2 is 1.41 bits per heavy atom. The molecule has 116 valence electrons. The maximum absolute atomic E-state index is 13.2. The molecule has 0 saturated carbocycles. The number of piperidine rings is 1. The lowest BCUT2D eigenvalue weighted by Gasteiger charge is -2.39. The molecule has 4 heteroatoms. The van der Waals surface area contributed by atoms with E-state index in [0.717, 1.165) is 19.4 Å². The number of hydrogen-bond donors (Lipinski definition) is 2. The molecule has 0 aromatic heterocycles. The number of halogens is 2. The molecule has 1 aliphatic rings. The third-order valence-corrected chi connectivity index (χ3v) is 4.46. The normalized spacial score (nSPS) is 19.1. The first kappa shape index (κ1) is 15.1. The van der Waals surface area contributed by atoms with Gasteiger partial charge in [-0.25, -0.2) is 8.78 Å². The van der Waals surface area contributed by atoms with Crippen molar-refractivity contribution in [2.75, 3.05) is 13.1 Å². The Hall–Kier alpha value is -1.78. The standard InChI is InChI=1S/C18H19F2NO/c19-16-7-3-13(4-8-16)18(22,15-2-1-11-21-12-15)14-5-9-17(20)10-6-14/h3-10,15,21-22H,1-2,11-12H2. The average molecular weight is 303 g/mol. The van der Waals surface area contributed by atoms with Gasteiger partial charge in [-0.15, -0.1) is 0 Å². The summed E-state index contributed by atoms with van der Waals surface area (Å²) in [6.45, 7) is 1.60. The van der Waals surface area contributed by atoms with Gasteiger partial charge in [0.1, 0.15) is 17.2 Å². The summed E-state index contributed by atoms with van der Waals surface area (Å²) in [5.74, 6) is -0.726. The van der Waals surface area contributed by atoms with Crippen LogP contribution < -0.4 is 5.32 Å². The molecule has 3 rings (SSSR count). The minimum absolute atomic E-state index is 0.0443. The molecule has 0 amide bonds. The van der Waals surface area contributed by atoms with Gasteiger partial charge in [0.2, 0.25) is 0 Å². The lowest BCUT2D eigenvalue weighted by Crippen LogP contribution is -2.45. The lowest BCUT2D eigenvalue weighted by atomic mass is 9.73. The number of rotatable bonds is 3. The lowest BCUT2D eigenvalue weighted by molar-refractivity contribution is 0.00531. The van der Waals surface area contributed by atoms with Crippen LogP contribution in [0.25, 0.3) is 0 Å². The minimum atomic E-state index is -1.26. The van der Waals surface area contributed by atoms with Crippen molar-refractivity contribution in [1.29, 1.82) is 0 Å². The Morgan fingerprint density at radius 3 is 1.82 bits per heavy atom. The smallest absolute Gasteiger partial charge is 0.123 e. The summed E-state index contributed by atoms with van der Waals surface area (Å²) in [5, 5.41) is 14.8. The predicted octanol–water partition coefficient (Wildman–Crippen LogP) is 3.20. The zero-order valence-electron chi connectivity index (χ0n) is 12.2. The molecule has 2 nitrogen and oxygen atoms in total. The van der Waals surface area contributed by atoms with E-state index < -0.39 is 5.60 Å². The number of aliphatic hydroxyl groups is 1. The molecular weight excluding hydrogens is 284 g/mol. The highest BCUT2D eigenvalue weighted by Crippen LogP contribution is 2.39. The van der Waals surface area contributed by atoms with Gasteiger partial charge >= 0.3 is 0 Å². The van der Waals surface area contributed by atoms with E-state index in [1.165, 1.54) is 24.3 Å². The molecule has 1 heterocycles. The Labute approximate surface area is 128 Å². The zero-order valence-corrected chi connectivity index (χ0v) is 12.2. The van der Waals surface area contributed by atoms with Crippen LogP contribution >= 0.6 is 0 Å². The number of nitrogens with one attached hydrogen (secondary N) is 1. The van der Waals surface area contributed by atoms with Gasteiger partial charge < -0.3 is 10.4 Å². The van der Waals surface area contributed by atoms with Crippen molar-refractivity contribution in [3.63, 3.8) is 0 Å². The summed E-state index contributed by atoms with van der Waals surface area (Å²) < 4.78 is 26.5. The van der Waals surface area contributed by atoms with Crippen LogP contribution in [0.1, 0.15) is 24.0 Å². The van der Waals surface area contributed by atoms with E-state index in [1.807, 2.05) is 0 Å². The molecule has 1 atom stereocenters. The van der Waals surface area contributed by atoms with Gasteiger partial charge in [-0.3, -0.25) is 0 Å². The highest BCUT2D eigenvalue weighted by Gasteiger charge is 2.40. The van der Waals surface area contributed by atoms with Gasteiger partial charge in [-0.1, -0.05) is 24.3 Å². The molecule has 0 aliphatic carbocycles. The number of benzene rings is 2. The minimum Gasteiger partial charge on any atom is -0.380 e. The van der Waals surface area contributed by atoms with Crippen molar-refractivity contribution in [2.45, 2.75) is 18.4 Å². The predicted molar refractivity (Wildman–Crippen MR) is 81.4 cm³/mol. The average Bonchev–Trinajstić information content (AvgIpc) is 2.56. The van der Waals surface area contributed by atoms with Crippen LogP contribution in [0.5, 0.6) is 0 Å². The van der Waals surface area contributed by atoms with E-state index in [9.17, 15) is 13.9 Å². The fraction of sp³-hybridized carbons (Fsp3) is 0.333. The second-order valence-electron chi connectivity index (χ2n) is 5.82. The van der Waals surface area contributed by atoms with Crippen molar-refractivity contribution in [3.8, 4) is 0 Å². The summed E-state index contributed by atoms with van der Waals surface area (Å²) in [4.78, 5) is 0. The van der Waals surface area contributed by atoms with Crippen LogP contribution in [0, 0.1) is 17.6 Å². The summed E-state index contributed by atoms with van der Waals surface area (Å²) >= 11 is 0. The van der Waals surface area contributed by atoms with Crippen molar-refractivity contribution in [2.24, 2.45) is 5.92 Å². The molecule has 2 N–H and O–H groups in total. The van der Waals surface area contributed by atoms with Crippen LogP contribution in [0.3, 0.4) is 0 Å². The largest absolute Gasteiger partial charge is 0.380 e. The molecule has 0 bridgehead atoms. The quantitative estimate of drug-likeness (QED) is 0.912. The molecule has 2 aromatic carbocycles. The third-order valence-electron chi connectivity index (χ3n) is 4.46. The highest BCUT2D eigenvalue weighted by molar-refractivity contribution is 5.37. The molecule has 0 spiro atoms. The van der Waals surface area contributed by atoms with Crippen molar-refractivity contribution in [3.05, 3.63) is 71.3 Å². The number of hydrogen-bond acceptors (Lipinski definition) is 2. The maximum atomic E-state index is 13.2. The fourth-order valence-electron chi connectivity index (χ4n) is 3.25. The second kappa shape index (κ2) is 6.15. The Balaban J connectivity index is 2.08. The van der Waals surface area contributed by atoms with Crippen LogP contribution in [0.15, 0.2) is 48.5 Å².